The fourth-order valence-electron chi connectivity index (χ4n) is 3.50. The quantitative estimate of drug-likeness (QED) is 0.271. The molecule has 0 aromatic heterocycles. The highest BCUT2D eigenvalue weighted by Gasteiger charge is 2.35. The van der Waals surface area contributed by atoms with Gasteiger partial charge in [-0.1, -0.05) is 53.6 Å². The third kappa shape index (κ3) is 6.25. The number of ether oxygens (including phenoxy) is 3. The molecular weight excluding hydrogens is 462 g/mol. The van der Waals surface area contributed by atoms with E-state index in [4.69, 9.17) is 14.2 Å². The van der Waals surface area contributed by atoms with Gasteiger partial charge in [0.25, 0.3) is 11.1 Å². The van der Waals surface area contributed by atoms with Crippen molar-refractivity contribution < 1.29 is 23.8 Å². The molecule has 6 nitrogen and oxygen atoms in total. The second kappa shape index (κ2) is 11.1. The lowest BCUT2D eigenvalue weighted by Crippen LogP contribution is -2.27. The van der Waals surface area contributed by atoms with Crippen LogP contribution in [-0.2, 0) is 11.3 Å². The highest BCUT2D eigenvalue weighted by Crippen LogP contribution is 2.35. The summed E-state index contributed by atoms with van der Waals surface area (Å²) in [6.45, 7) is 5.02. The molecule has 1 aliphatic heterocycles. The normalized spacial score (nSPS) is 14.5. The molecule has 1 fully saturated rings. The molecule has 180 valence electrons. The number of benzene rings is 3. The second-order valence-corrected chi connectivity index (χ2v) is 9.17. The third-order valence-electron chi connectivity index (χ3n) is 5.45. The number of aryl methyl sites for hydroxylation is 2. The Morgan fingerprint density at radius 1 is 0.829 bits per heavy atom. The first-order valence-electron chi connectivity index (χ1n) is 11.2. The van der Waals surface area contributed by atoms with Crippen LogP contribution in [0.25, 0.3) is 6.08 Å². The Labute approximate surface area is 209 Å². The number of nitrogens with zero attached hydrogens (tertiary/aromatic N) is 1. The molecule has 0 aliphatic carbocycles. The molecule has 2 amide bonds. The monoisotopic (exact) mass is 489 g/mol. The average molecular weight is 490 g/mol. The van der Waals surface area contributed by atoms with Gasteiger partial charge in [0, 0.05) is 0 Å². The molecule has 35 heavy (non-hydrogen) atoms. The van der Waals surface area contributed by atoms with E-state index in [-0.39, 0.29) is 17.7 Å². The molecular formula is C28H27NO5S. The number of imide groups is 1. The molecule has 1 aliphatic rings. The number of thioether (sulfide) groups is 1. The van der Waals surface area contributed by atoms with Crippen molar-refractivity contribution in [2.75, 3.05) is 20.3 Å². The Balaban J connectivity index is 1.38. The van der Waals surface area contributed by atoms with Crippen molar-refractivity contribution in [2.24, 2.45) is 0 Å². The Morgan fingerprint density at radius 2 is 1.49 bits per heavy atom. The van der Waals surface area contributed by atoms with E-state index in [1.807, 2.05) is 68.4 Å². The Kier molecular flexibility index (Phi) is 7.77. The van der Waals surface area contributed by atoms with Crippen molar-refractivity contribution in [2.45, 2.75) is 20.4 Å². The fourth-order valence-corrected chi connectivity index (χ4v) is 4.34. The van der Waals surface area contributed by atoms with Gasteiger partial charge in [0.05, 0.1) is 18.6 Å². The SMILES string of the molecule is COc1cc(/C=C2\SC(=O)N(Cc3ccc(C)cc3)C2=O)ccc1OCCOc1ccc(C)cc1. The standard InChI is InChI=1S/C28H27NO5S/c1-19-4-8-21(9-5-19)18-29-27(30)26(35-28(29)31)17-22-10-13-24(25(16-22)32-3)34-15-14-33-23-11-6-20(2)7-12-23/h4-13,16-17H,14-15,18H2,1-3H3/b26-17-. The second-order valence-electron chi connectivity index (χ2n) is 8.17. The van der Waals surface area contributed by atoms with Crippen molar-refractivity contribution in [3.63, 3.8) is 0 Å². The molecule has 1 saturated heterocycles. The number of carbonyl (C=O) groups excluding carboxylic acids is 2. The predicted molar refractivity (Wildman–Crippen MR) is 138 cm³/mol. The van der Waals surface area contributed by atoms with E-state index in [0.29, 0.717) is 29.6 Å². The van der Waals surface area contributed by atoms with Crippen LogP contribution in [0, 0.1) is 13.8 Å². The van der Waals surface area contributed by atoms with E-state index in [1.54, 1.807) is 25.3 Å². The van der Waals surface area contributed by atoms with Crippen LogP contribution >= 0.6 is 11.8 Å². The Bertz CT molecular complexity index is 1240. The van der Waals surface area contributed by atoms with Gasteiger partial charge in [-0.25, -0.2) is 0 Å². The summed E-state index contributed by atoms with van der Waals surface area (Å²) in [6, 6.07) is 21.0. The summed E-state index contributed by atoms with van der Waals surface area (Å²) >= 11 is 0.942. The van der Waals surface area contributed by atoms with Crippen LogP contribution < -0.4 is 14.2 Å². The van der Waals surface area contributed by atoms with Gasteiger partial charge in [0.2, 0.25) is 0 Å². The molecule has 0 radical (unpaired) electrons. The largest absolute Gasteiger partial charge is 0.493 e. The number of amides is 2. The minimum absolute atomic E-state index is 0.253. The summed E-state index contributed by atoms with van der Waals surface area (Å²) in [7, 11) is 1.56. The van der Waals surface area contributed by atoms with Crippen molar-refractivity contribution in [3.05, 3.63) is 93.9 Å². The molecule has 0 bridgehead atoms. The van der Waals surface area contributed by atoms with Crippen molar-refractivity contribution >= 4 is 29.0 Å². The van der Waals surface area contributed by atoms with Gasteiger partial charge < -0.3 is 14.2 Å². The number of methoxy groups -OCH3 is 1. The first-order valence-corrected chi connectivity index (χ1v) is 12.1. The maximum atomic E-state index is 12.9. The minimum atomic E-state index is -0.298. The summed E-state index contributed by atoms with van der Waals surface area (Å²) in [4.78, 5) is 27.0. The molecule has 0 saturated carbocycles. The van der Waals surface area contributed by atoms with Gasteiger partial charge in [-0.2, -0.15) is 0 Å². The maximum absolute atomic E-state index is 12.9. The molecule has 1 heterocycles. The lowest BCUT2D eigenvalue weighted by molar-refractivity contribution is -0.123. The van der Waals surface area contributed by atoms with Gasteiger partial charge >= 0.3 is 0 Å². The lowest BCUT2D eigenvalue weighted by atomic mass is 10.1. The Morgan fingerprint density at radius 3 is 2.17 bits per heavy atom. The van der Waals surface area contributed by atoms with E-state index in [1.165, 1.54) is 10.5 Å². The summed E-state index contributed by atoms with van der Waals surface area (Å²) in [6.07, 6.45) is 1.70. The van der Waals surface area contributed by atoms with Gasteiger partial charge in [-0.05, 0) is 67.1 Å². The highest BCUT2D eigenvalue weighted by molar-refractivity contribution is 8.18. The van der Waals surface area contributed by atoms with Crippen molar-refractivity contribution in [1.29, 1.82) is 0 Å². The number of carbonyl (C=O) groups is 2. The zero-order chi connectivity index (χ0) is 24.8. The topological polar surface area (TPSA) is 65.1 Å². The molecule has 0 atom stereocenters. The van der Waals surface area contributed by atoms with Gasteiger partial charge in [-0.15, -0.1) is 0 Å². The zero-order valence-corrected chi connectivity index (χ0v) is 20.8. The van der Waals surface area contributed by atoms with Crippen LogP contribution in [0.1, 0.15) is 22.3 Å². The molecule has 0 N–H and O–H groups in total. The van der Waals surface area contributed by atoms with Crippen molar-refractivity contribution in [1.82, 2.24) is 4.90 Å². The predicted octanol–water partition coefficient (Wildman–Crippen LogP) is 6.01. The average Bonchev–Trinajstić information content (AvgIpc) is 3.12. The summed E-state index contributed by atoms with van der Waals surface area (Å²) in [5.41, 5.74) is 3.96. The number of rotatable bonds is 9. The highest BCUT2D eigenvalue weighted by atomic mass is 32.2. The van der Waals surface area contributed by atoms with Gasteiger partial charge in [0.15, 0.2) is 11.5 Å². The molecule has 7 heteroatoms. The van der Waals surface area contributed by atoms with Crippen LogP contribution in [-0.4, -0.2) is 36.4 Å². The Hall–Kier alpha value is -3.71. The third-order valence-corrected chi connectivity index (χ3v) is 6.36. The number of hydrogen-bond acceptors (Lipinski definition) is 6. The van der Waals surface area contributed by atoms with Crippen molar-refractivity contribution in [3.8, 4) is 17.2 Å². The van der Waals surface area contributed by atoms with Crippen LogP contribution in [0.15, 0.2) is 71.6 Å². The summed E-state index contributed by atoms with van der Waals surface area (Å²) < 4.78 is 17.0. The van der Waals surface area contributed by atoms with E-state index in [2.05, 4.69) is 0 Å². The first kappa shape index (κ1) is 24.4. The van der Waals surface area contributed by atoms with Crippen LogP contribution in [0.2, 0.25) is 0 Å². The van der Waals surface area contributed by atoms with Crippen LogP contribution in [0.4, 0.5) is 4.79 Å². The maximum Gasteiger partial charge on any atom is 0.293 e. The zero-order valence-electron chi connectivity index (χ0n) is 19.9. The molecule has 3 aromatic rings. The molecule has 3 aromatic carbocycles. The molecule has 4 rings (SSSR count). The smallest absolute Gasteiger partial charge is 0.293 e. The van der Waals surface area contributed by atoms with Crippen LogP contribution in [0.3, 0.4) is 0 Å². The van der Waals surface area contributed by atoms with E-state index < -0.39 is 0 Å². The lowest BCUT2D eigenvalue weighted by Gasteiger charge is -2.13. The minimum Gasteiger partial charge on any atom is -0.493 e. The molecule has 0 unspecified atom stereocenters. The van der Waals surface area contributed by atoms with Gasteiger partial charge in [0.1, 0.15) is 19.0 Å². The fraction of sp³-hybridized carbons (Fsp3) is 0.214. The number of hydrogen-bond donors (Lipinski definition) is 0. The summed E-state index contributed by atoms with van der Waals surface area (Å²) in [5.74, 6) is 1.60. The van der Waals surface area contributed by atoms with Gasteiger partial charge in [-0.3, -0.25) is 14.5 Å². The van der Waals surface area contributed by atoms with E-state index >= 15 is 0 Å². The van der Waals surface area contributed by atoms with Crippen LogP contribution in [0.5, 0.6) is 17.2 Å². The van der Waals surface area contributed by atoms with E-state index in [0.717, 1.165) is 34.2 Å². The first-order chi connectivity index (χ1) is 16.9. The molecule has 0 spiro atoms. The summed E-state index contributed by atoms with van der Waals surface area (Å²) in [5, 5.41) is -0.276. The van der Waals surface area contributed by atoms with E-state index in [9.17, 15) is 9.59 Å².